The van der Waals surface area contributed by atoms with Gasteiger partial charge in [-0.05, 0) is 30.2 Å². The normalized spacial score (nSPS) is 20.8. The fourth-order valence-electron chi connectivity index (χ4n) is 2.25. The molecule has 1 fully saturated rings. The topological polar surface area (TPSA) is 48.1 Å². The third-order valence-corrected chi connectivity index (χ3v) is 3.84. The van der Waals surface area contributed by atoms with Crippen LogP contribution in [0.1, 0.15) is 17.9 Å². The van der Waals surface area contributed by atoms with Gasteiger partial charge in [0.05, 0.1) is 17.8 Å². The minimum absolute atomic E-state index is 0.0226. The monoisotopic (exact) mass is 292 g/mol. The summed E-state index contributed by atoms with van der Waals surface area (Å²) in [6, 6.07) is 7.28. The van der Waals surface area contributed by atoms with Crippen molar-refractivity contribution in [1.29, 1.82) is 0 Å². The highest BCUT2D eigenvalue weighted by atomic mass is 35.5. The van der Waals surface area contributed by atoms with Crippen molar-refractivity contribution in [2.75, 3.05) is 7.11 Å². The highest BCUT2D eigenvalue weighted by Gasteiger charge is 2.34. The van der Waals surface area contributed by atoms with Gasteiger partial charge in [-0.25, -0.2) is 4.39 Å². The van der Waals surface area contributed by atoms with Crippen molar-refractivity contribution in [2.45, 2.75) is 18.4 Å². The minimum atomic E-state index is -0.557. The molecule has 104 valence electrons. The Morgan fingerprint density at radius 2 is 2.15 bits per heavy atom. The number of rotatable bonds is 3. The number of hydrogen-bond acceptors (Lipinski definition) is 3. The van der Waals surface area contributed by atoms with E-state index in [2.05, 4.69) is 4.98 Å². The molecule has 1 saturated carbocycles. The molecule has 2 N–H and O–H groups in total. The Morgan fingerprint density at radius 3 is 2.70 bits per heavy atom. The Morgan fingerprint density at radius 1 is 1.40 bits per heavy atom. The van der Waals surface area contributed by atoms with Crippen LogP contribution in [-0.2, 0) is 0 Å². The zero-order valence-electron chi connectivity index (χ0n) is 10.9. The van der Waals surface area contributed by atoms with E-state index in [1.54, 1.807) is 12.1 Å². The van der Waals surface area contributed by atoms with E-state index in [9.17, 15) is 4.39 Å². The molecule has 20 heavy (non-hydrogen) atoms. The van der Waals surface area contributed by atoms with Crippen LogP contribution >= 0.6 is 11.6 Å². The Labute approximate surface area is 121 Å². The second kappa shape index (κ2) is 5.04. The molecular weight excluding hydrogens is 279 g/mol. The highest BCUT2D eigenvalue weighted by Crippen LogP contribution is 2.39. The molecule has 0 bridgehead atoms. The number of nitrogens with two attached hydrogens (primary N) is 1. The number of nitrogens with zero attached hydrogens (tertiary/aromatic N) is 1. The summed E-state index contributed by atoms with van der Waals surface area (Å²) in [5, 5.41) is 0.0226. The Balaban J connectivity index is 1.94. The average Bonchev–Trinajstić information content (AvgIpc) is 3.19. The molecule has 3 rings (SSSR count). The molecule has 0 aliphatic heterocycles. The number of halogens is 2. The first-order chi connectivity index (χ1) is 9.60. The second-order valence-electron chi connectivity index (χ2n) is 4.96. The van der Waals surface area contributed by atoms with Crippen molar-refractivity contribution < 1.29 is 9.13 Å². The van der Waals surface area contributed by atoms with Crippen LogP contribution in [0.3, 0.4) is 0 Å². The summed E-state index contributed by atoms with van der Waals surface area (Å²) in [6.07, 6.45) is 2.83. The van der Waals surface area contributed by atoms with Gasteiger partial charge in [0.25, 0.3) is 0 Å². The van der Waals surface area contributed by atoms with Crippen molar-refractivity contribution in [2.24, 2.45) is 5.73 Å². The van der Waals surface area contributed by atoms with E-state index in [1.165, 1.54) is 7.11 Å². The summed E-state index contributed by atoms with van der Waals surface area (Å²) >= 11 is 5.86. The van der Waals surface area contributed by atoms with Crippen LogP contribution in [0.5, 0.6) is 5.75 Å². The van der Waals surface area contributed by atoms with Crippen molar-refractivity contribution in [3.63, 3.8) is 0 Å². The standard InChI is InChI=1S/C15H14ClFN2O/c1-20-14-5-9(4-11(16)15(14)17)13-3-2-8(7-19-13)10-6-12(10)18/h2-5,7,10,12H,6,18H2,1H3. The summed E-state index contributed by atoms with van der Waals surface area (Å²) in [7, 11) is 1.41. The smallest absolute Gasteiger partial charge is 0.183 e. The number of pyridine rings is 1. The lowest BCUT2D eigenvalue weighted by Crippen LogP contribution is -2.01. The van der Waals surface area contributed by atoms with E-state index < -0.39 is 5.82 Å². The molecule has 0 radical (unpaired) electrons. The van der Waals surface area contributed by atoms with Crippen LogP contribution < -0.4 is 10.5 Å². The molecule has 0 saturated heterocycles. The first kappa shape index (κ1) is 13.3. The lowest BCUT2D eigenvalue weighted by molar-refractivity contribution is 0.387. The fourth-order valence-corrected chi connectivity index (χ4v) is 2.46. The molecule has 1 aliphatic carbocycles. The Hall–Kier alpha value is -1.65. The Kier molecular flexibility index (Phi) is 3.36. The highest BCUT2D eigenvalue weighted by molar-refractivity contribution is 6.31. The van der Waals surface area contributed by atoms with Crippen LogP contribution in [0.25, 0.3) is 11.3 Å². The SMILES string of the molecule is COc1cc(-c2ccc(C3CC3N)cn2)cc(Cl)c1F. The number of ether oxygens (including phenoxy) is 1. The van der Waals surface area contributed by atoms with Gasteiger partial charge in [0, 0.05) is 23.7 Å². The number of aromatic nitrogens is 1. The quantitative estimate of drug-likeness (QED) is 0.943. The second-order valence-corrected chi connectivity index (χ2v) is 5.36. The summed E-state index contributed by atoms with van der Waals surface area (Å²) < 4.78 is 18.6. The van der Waals surface area contributed by atoms with Gasteiger partial charge >= 0.3 is 0 Å². The van der Waals surface area contributed by atoms with Gasteiger partial charge in [0.15, 0.2) is 11.6 Å². The number of hydrogen-bond donors (Lipinski definition) is 1. The van der Waals surface area contributed by atoms with E-state index in [1.807, 2.05) is 18.3 Å². The van der Waals surface area contributed by atoms with Crippen molar-refractivity contribution >= 4 is 11.6 Å². The largest absolute Gasteiger partial charge is 0.494 e. The number of benzene rings is 1. The molecule has 1 aromatic carbocycles. The van der Waals surface area contributed by atoms with Crippen molar-refractivity contribution in [3.05, 3.63) is 46.9 Å². The summed E-state index contributed by atoms with van der Waals surface area (Å²) in [5.74, 6) is -0.0241. The van der Waals surface area contributed by atoms with Gasteiger partial charge < -0.3 is 10.5 Å². The molecule has 2 unspecified atom stereocenters. The van der Waals surface area contributed by atoms with Crippen molar-refractivity contribution in [3.8, 4) is 17.0 Å². The first-order valence-electron chi connectivity index (χ1n) is 6.35. The maximum atomic E-state index is 13.6. The molecule has 2 aromatic rings. The zero-order chi connectivity index (χ0) is 14.3. The van der Waals surface area contributed by atoms with E-state index in [4.69, 9.17) is 22.1 Å². The maximum Gasteiger partial charge on any atom is 0.183 e. The summed E-state index contributed by atoms with van der Waals surface area (Å²) in [6.45, 7) is 0. The fraction of sp³-hybridized carbons (Fsp3) is 0.267. The van der Waals surface area contributed by atoms with Crippen LogP contribution in [0.4, 0.5) is 4.39 Å². The third kappa shape index (κ3) is 2.37. The van der Waals surface area contributed by atoms with Gasteiger partial charge in [0.1, 0.15) is 0 Å². The molecule has 3 nitrogen and oxygen atoms in total. The summed E-state index contributed by atoms with van der Waals surface area (Å²) in [5.41, 5.74) is 8.41. The molecule has 0 spiro atoms. The van der Waals surface area contributed by atoms with Crippen LogP contribution in [0.2, 0.25) is 5.02 Å². The van der Waals surface area contributed by atoms with Gasteiger partial charge in [-0.15, -0.1) is 0 Å². The third-order valence-electron chi connectivity index (χ3n) is 3.56. The minimum Gasteiger partial charge on any atom is -0.494 e. The molecular formula is C15H14ClFN2O. The van der Waals surface area contributed by atoms with Crippen molar-refractivity contribution in [1.82, 2.24) is 4.98 Å². The molecule has 1 aromatic heterocycles. The van der Waals surface area contributed by atoms with E-state index in [0.29, 0.717) is 5.92 Å². The predicted molar refractivity (Wildman–Crippen MR) is 76.5 cm³/mol. The van der Waals surface area contributed by atoms with Gasteiger partial charge in [-0.3, -0.25) is 4.98 Å². The molecule has 1 heterocycles. The van der Waals surface area contributed by atoms with E-state index in [-0.39, 0.29) is 16.8 Å². The lowest BCUT2D eigenvalue weighted by Gasteiger charge is -2.08. The van der Waals surface area contributed by atoms with Crippen LogP contribution in [0, 0.1) is 5.82 Å². The van der Waals surface area contributed by atoms with Crippen LogP contribution in [0.15, 0.2) is 30.5 Å². The number of methoxy groups -OCH3 is 1. The van der Waals surface area contributed by atoms with E-state index in [0.717, 1.165) is 23.2 Å². The van der Waals surface area contributed by atoms with Crippen LogP contribution in [-0.4, -0.2) is 18.1 Å². The maximum absolute atomic E-state index is 13.6. The molecule has 5 heteroatoms. The van der Waals surface area contributed by atoms with Gasteiger partial charge in [-0.2, -0.15) is 0 Å². The lowest BCUT2D eigenvalue weighted by atomic mass is 10.1. The molecule has 1 aliphatic rings. The Bertz CT molecular complexity index is 645. The van der Waals surface area contributed by atoms with E-state index >= 15 is 0 Å². The average molecular weight is 293 g/mol. The van der Waals surface area contributed by atoms with Gasteiger partial charge in [-0.1, -0.05) is 17.7 Å². The zero-order valence-corrected chi connectivity index (χ0v) is 11.7. The molecule has 2 atom stereocenters. The molecule has 0 amide bonds. The predicted octanol–water partition coefficient (Wildman–Crippen LogP) is 3.36. The first-order valence-corrected chi connectivity index (χ1v) is 6.73. The van der Waals surface area contributed by atoms with Gasteiger partial charge in [0.2, 0.25) is 0 Å². The summed E-state index contributed by atoms with van der Waals surface area (Å²) in [4.78, 5) is 4.40.